The Morgan fingerprint density at radius 3 is 2.18 bits per heavy atom. The van der Waals surface area contributed by atoms with Crippen LogP contribution in [0, 0.1) is 32.1 Å². The summed E-state index contributed by atoms with van der Waals surface area (Å²) < 4.78 is 43.3. The molecule has 0 spiro atoms. The summed E-state index contributed by atoms with van der Waals surface area (Å²) in [6, 6.07) is 10.4. The van der Waals surface area contributed by atoms with Gasteiger partial charge in [-0.15, -0.1) is 0 Å². The number of non-ortho nitro benzene ring substituents is 2. The van der Waals surface area contributed by atoms with Crippen molar-refractivity contribution in [3.05, 3.63) is 103 Å². The van der Waals surface area contributed by atoms with Crippen LogP contribution in [0.5, 0.6) is 0 Å². The van der Waals surface area contributed by atoms with Crippen LogP contribution in [0.25, 0.3) is 10.4 Å². The number of esters is 1. The molecule has 2 amide bonds. The van der Waals surface area contributed by atoms with Gasteiger partial charge in [-0.2, -0.15) is 17.5 Å². The fraction of sp³-hybridized carbons (Fsp3) is 0.353. The fourth-order valence-electron chi connectivity index (χ4n) is 6.73. The molecule has 1 saturated heterocycles. The SMILES string of the molecule is CSc1c2sc(C3=C(C(=O)OCc4ccc([N+](=O)[O-])cc4)N4C(=O)[C@H]([C@@H](C)O)[C@H]4[C@H]3C)cn2c[n+]1CCCNS(=O)(=O)NC(=O)OCc1ccc([N+](=O)[O-])cc1. The maximum absolute atomic E-state index is 13.7. The van der Waals surface area contributed by atoms with E-state index >= 15 is 0 Å². The number of aryl methyl sites for hydroxylation is 1. The Bertz CT molecular complexity index is 2340. The number of carbonyl (C=O) groups excluding carboxylic acids is 3. The maximum atomic E-state index is 13.7. The number of nitrogens with one attached hydrogen (secondary N) is 2. The lowest BCUT2D eigenvalue weighted by Crippen LogP contribution is -2.63. The van der Waals surface area contributed by atoms with Crippen LogP contribution in [0.4, 0.5) is 16.2 Å². The second-order valence-corrected chi connectivity index (χ2v) is 16.3. The Morgan fingerprint density at radius 2 is 1.62 bits per heavy atom. The third kappa shape index (κ3) is 8.23. The first-order chi connectivity index (χ1) is 26.6. The number of benzene rings is 2. The predicted molar refractivity (Wildman–Crippen MR) is 200 cm³/mol. The van der Waals surface area contributed by atoms with E-state index in [1.807, 2.05) is 34.7 Å². The van der Waals surface area contributed by atoms with Gasteiger partial charge in [-0.3, -0.25) is 25.0 Å². The Kier molecular flexibility index (Phi) is 11.8. The van der Waals surface area contributed by atoms with Crippen LogP contribution in [0.3, 0.4) is 0 Å². The third-order valence-electron chi connectivity index (χ3n) is 9.35. The summed E-state index contributed by atoms with van der Waals surface area (Å²) >= 11 is 2.86. The number of β-lactam (4-membered cyclic amide) rings is 1. The van der Waals surface area contributed by atoms with Gasteiger partial charge in [-0.25, -0.2) is 18.9 Å². The molecule has 19 nitrogen and oxygen atoms in total. The highest BCUT2D eigenvalue weighted by Gasteiger charge is 2.60. The molecule has 56 heavy (non-hydrogen) atoms. The van der Waals surface area contributed by atoms with E-state index in [9.17, 15) is 48.1 Å². The number of ether oxygens (including phenoxy) is 2. The van der Waals surface area contributed by atoms with E-state index in [2.05, 4.69) is 4.72 Å². The summed E-state index contributed by atoms with van der Waals surface area (Å²) in [4.78, 5) is 62.7. The number of nitrogens with zero attached hydrogens (tertiary/aromatic N) is 5. The van der Waals surface area contributed by atoms with Crippen molar-refractivity contribution in [2.24, 2.45) is 11.8 Å². The average Bonchev–Trinajstić information content (AvgIpc) is 3.78. The van der Waals surface area contributed by atoms with Crippen molar-refractivity contribution in [1.82, 2.24) is 18.7 Å². The van der Waals surface area contributed by atoms with Crippen LogP contribution in [-0.2, 0) is 49.0 Å². The van der Waals surface area contributed by atoms with Gasteiger partial charge in [-0.05, 0) is 55.0 Å². The van der Waals surface area contributed by atoms with Gasteiger partial charge in [0.2, 0.25) is 15.8 Å². The molecular formula is C34H36N7O12S3+. The van der Waals surface area contributed by atoms with E-state index in [0.29, 0.717) is 34.5 Å². The summed E-state index contributed by atoms with van der Waals surface area (Å²) in [6.07, 6.45) is 3.74. The lowest BCUT2D eigenvalue weighted by Gasteiger charge is -2.46. The van der Waals surface area contributed by atoms with Crippen molar-refractivity contribution < 1.29 is 51.8 Å². The number of nitro benzene ring substituents is 2. The number of fused-ring (bicyclic) bond motifs is 2. The molecule has 0 unspecified atom stereocenters. The third-order valence-corrected chi connectivity index (χ3v) is 12.5. The molecule has 0 radical (unpaired) electrons. The number of hydrogen-bond donors (Lipinski definition) is 3. The molecule has 3 N–H and O–H groups in total. The quantitative estimate of drug-likeness (QED) is 0.0280. The molecule has 2 aromatic heterocycles. The molecule has 0 aliphatic carbocycles. The van der Waals surface area contributed by atoms with Crippen LogP contribution in [-0.4, -0.2) is 75.6 Å². The first-order valence-corrected chi connectivity index (χ1v) is 20.5. The lowest BCUT2D eigenvalue weighted by atomic mass is 9.77. The molecule has 296 valence electrons. The van der Waals surface area contributed by atoms with Crippen molar-refractivity contribution in [3.63, 3.8) is 0 Å². The van der Waals surface area contributed by atoms with Crippen LogP contribution < -0.4 is 14.0 Å². The van der Waals surface area contributed by atoms with Crippen molar-refractivity contribution >= 4 is 73.1 Å². The van der Waals surface area contributed by atoms with E-state index in [1.54, 1.807) is 4.72 Å². The van der Waals surface area contributed by atoms with Crippen LogP contribution in [0.2, 0.25) is 0 Å². The molecule has 0 bridgehead atoms. The molecule has 2 aromatic carbocycles. The number of aliphatic hydroxyl groups is 1. The molecule has 4 heterocycles. The minimum atomic E-state index is -4.25. The van der Waals surface area contributed by atoms with Crippen molar-refractivity contribution in [2.45, 2.75) is 57.2 Å². The highest BCUT2D eigenvalue weighted by molar-refractivity contribution is 7.98. The maximum Gasteiger partial charge on any atom is 0.422 e. The zero-order valence-electron chi connectivity index (χ0n) is 30.0. The lowest BCUT2D eigenvalue weighted by molar-refractivity contribution is -0.729. The van der Waals surface area contributed by atoms with Gasteiger partial charge >= 0.3 is 22.3 Å². The first-order valence-electron chi connectivity index (χ1n) is 17.0. The molecule has 4 aromatic rings. The fourth-order valence-corrected chi connectivity index (χ4v) is 9.70. The zero-order valence-corrected chi connectivity index (χ0v) is 32.5. The van der Waals surface area contributed by atoms with Crippen molar-refractivity contribution in [2.75, 3.05) is 12.8 Å². The number of carbonyl (C=O) groups is 3. The largest absolute Gasteiger partial charge is 0.456 e. The second-order valence-electron chi connectivity index (χ2n) is 13.0. The molecule has 1 fully saturated rings. The van der Waals surface area contributed by atoms with Gasteiger partial charge in [0, 0.05) is 42.3 Å². The number of nitro groups is 2. The number of aliphatic hydroxyl groups excluding tert-OH is 1. The summed E-state index contributed by atoms with van der Waals surface area (Å²) in [7, 11) is -4.25. The van der Waals surface area contributed by atoms with Crippen LogP contribution >= 0.6 is 23.1 Å². The van der Waals surface area contributed by atoms with E-state index in [4.69, 9.17) is 9.47 Å². The van der Waals surface area contributed by atoms with Crippen molar-refractivity contribution in [1.29, 1.82) is 0 Å². The average molecular weight is 831 g/mol. The normalized spacial score (nSPS) is 18.4. The van der Waals surface area contributed by atoms with Gasteiger partial charge in [0.1, 0.15) is 25.1 Å². The molecule has 2 aliphatic rings. The summed E-state index contributed by atoms with van der Waals surface area (Å²) in [6.45, 7) is 3.33. The Labute approximate surface area is 327 Å². The molecule has 6 rings (SSSR count). The minimum Gasteiger partial charge on any atom is -0.456 e. The molecular weight excluding hydrogens is 795 g/mol. The summed E-state index contributed by atoms with van der Waals surface area (Å²) in [5.74, 6) is -2.15. The minimum absolute atomic E-state index is 0.0218. The van der Waals surface area contributed by atoms with Gasteiger partial charge in [0.25, 0.3) is 17.7 Å². The Hall–Kier alpha value is -5.42. The van der Waals surface area contributed by atoms with Gasteiger partial charge in [0.05, 0.1) is 39.3 Å². The van der Waals surface area contributed by atoms with Gasteiger partial charge < -0.3 is 19.5 Å². The number of hydrogen-bond acceptors (Lipinski definition) is 14. The Morgan fingerprint density at radius 1 is 1.04 bits per heavy atom. The number of thioether (sulfide) groups is 1. The number of thiazole rings is 1. The Balaban J connectivity index is 1.11. The van der Waals surface area contributed by atoms with Crippen LogP contribution in [0.15, 0.2) is 71.8 Å². The smallest absolute Gasteiger partial charge is 0.422 e. The topological polar surface area (TPSA) is 246 Å². The second kappa shape index (κ2) is 16.4. The standard InChI is InChI=1S/C34H35N7O12S3/c1-19-26(29(39-28(19)27(20(2)42)30(39)43)33(44)52-16-21-5-9-23(10-6-21)40(46)47)25-15-38-18-37(31(54-3)32(38)55-25)14-4-13-35-56(50,51)36-34(45)53-17-22-7-11-24(12-8-22)41(48)49/h5-12,15,18-20,27-28,35,42H,4,13-14,16-17H2,1-3H3/p+1/t19-,20+,27+,28+/m0/s1. The van der Waals surface area contributed by atoms with E-state index in [1.165, 1.54) is 83.5 Å². The highest BCUT2D eigenvalue weighted by atomic mass is 32.2. The molecule has 2 aliphatic heterocycles. The van der Waals surface area contributed by atoms with Crippen LogP contribution in [0.1, 0.15) is 36.3 Å². The first kappa shape index (κ1) is 40.2. The number of aromatic nitrogens is 2. The van der Waals surface area contributed by atoms with E-state index < -0.39 is 50.2 Å². The van der Waals surface area contributed by atoms with Gasteiger partial charge in [-0.1, -0.05) is 30.0 Å². The van der Waals surface area contributed by atoms with E-state index in [-0.39, 0.29) is 48.7 Å². The predicted octanol–water partition coefficient (Wildman–Crippen LogP) is 3.29. The number of imidazole rings is 1. The van der Waals surface area contributed by atoms with E-state index in [0.717, 1.165) is 9.86 Å². The highest BCUT2D eigenvalue weighted by Crippen LogP contribution is 2.52. The molecule has 4 atom stereocenters. The number of amides is 2. The molecule has 22 heteroatoms. The van der Waals surface area contributed by atoms with Crippen molar-refractivity contribution in [3.8, 4) is 0 Å². The molecule has 0 saturated carbocycles. The van der Waals surface area contributed by atoms with Gasteiger partial charge in [0.15, 0.2) is 0 Å². The zero-order chi connectivity index (χ0) is 40.5. The summed E-state index contributed by atoms with van der Waals surface area (Å²) in [5, 5.41) is 33.1. The summed E-state index contributed by atoms with van der Waals surface area (Å²) in [5.41, 5.74) is 1.39. The monoisotopic (exact) mass is 830 g/mol. The number of rotatable bonds is 16.